The second-order valence-electron chi connectivity index (χ2n) is 8.96. The molecule has 0 radical (unpaired) electrons. The summed E-state index contributed by atoms with van der Waals surface area (Å²) in [5.41, 5.74) is 0. The first kappa shape index (κ1) is 23.3. The SMILES string of the molecule is CCC[CH2][Sn]([CH2]CCC)([CH2]CCC)[CH2]OC(c1ccco1)C1CCCCC1. The van der Waals surface area contributed by atoms with Crippen molar-refractivity contribution in [3.63, 3.8) is 0 Å². The van der Waals surface area contributed by atoms with E-state index < -0.39 is 18.4 Å². The molecule has 1 aromatic rings. The predicted octanol–water partition coefficient (Wildman–Crippen LogP) is 8.31. The van der Waals surface area contributed by atoms with E-state index in [0.717, 1.165) is 10.4 Å². The van der Waals surface area contributed by atoms with E-state index in [0.29, 0.717) is 5.92 Å². The molecule has 0 aromatic carbocycles. The average Bonchev–Trinajstić information content (AvgIpc) is 3.24. The van der Waals surface area contributed by atoms with E-state index in [4.69, 9.17) is 9.15 Å². The first-order chi connectivity index (χ1) is 13.2. The summed E-state index contributed by atoms with van der Waals surface area (Å²) >= 11 is -2.24. The van der Waals surface area contributed by atoms with Crippen molar-refractivity contribution in [1.29, 1.82) is 0 Å². The second-order valence-corrected chi connectivity index (χ2v) is 22.6. The minimum absolute atomic E-state index is 0.209. The van der Waals surface area contributed by atoms with Crippen LogP contribution in [0.4, 0.5) is 0 Å². The first-order valence-electron chi connectivity index (χ1n) is 11.9. The number of rotatable bonds is 14. The molecule has 0 aliphatic heterocycles. The Morgan fingerprint density at radius 2 is 1.56 bits per heavy atom. The van der Waals surface area contributed by atoms with Gasteiger partial charge in [0.15, 0.2) is 0 Å². The summed E-state index contributed by atoms with van der Waals surface area (Å²) in [4.78, 5) is 0. The molecule has 1 aliphatic carbocycles. The van der Waals surface area contributed by atoms with Crippen molar-refractivity contribution in [2.24, 2.45) is 5.92 Å². The third kappa shape index (κ3) is 7.76. The van der Waals surface area contributed by atoms with Crippen LogP contribution in [0.1, 0.15) is 103 Å². The molecule has 0 spiro atoms. The molecule has 1 unspecified atom stereocenters. The van der Waals surface area contributed by atoms with Crippen LogP contribution < -0.4 is 0 Å². The molecule has 0 N–H and O–H groups in total. The van der Waals surface area contributed by atoms with Crippen molar-refractivity contribution in [3.8, 4) is 0 Å². The molecule has 27 heavy (non-hydrogen) atoms. The molecule has 2 rings (SSSR count). The van der Waals surface area contributed by atoms with Gasteiger partial charge in [0.25, 0.3) is 0 Å². The monoisotopic (exact) mass is 484 g/mol. The third-order valence-electron chi connectivity index (χ3n) is 6.65. The first-order valence-corrected chi connectivity index (χ1v) is 20.0. The van der Waals surface area contributed by atoms with Gasteiger partial charge in [0.1, 0.15) is 0 Å². The Morgan fingerprint density at radius 1 is 0.963 bits per heavy atom. The van der Waals surface area contributed by atoms with Gasteiger partial charge in [-0.25, -0.2) is 0 Å². The second kappa shape index (κ2) is 13.3. The summed E-state index contributed by atoms with van der Waals surface area (Å²) in [7, 11) is 0. The number of hydrogen-bond donors (Lipinski definition) is 0. The maximum atomic E-state index is 6.88. The van der Waals surface area contributed by atoms with Gasteiger partial charge in [0.05, 0.1) is 0 Å². The molecule has 1 atom stereocenters. The van der Waals surface area contributed by atoms with Gasteiger partial charge in [-0.15, -0.1) is 0 Å². The minimum atomic E-state index is -2.24. The standard InChI is InChI=1S/C12H17O2.3C4H9.Sn/c1-13-12(11-8-5-9-14-11)10-6-3-2-4-7-10;3*1-3-4-2;/h5,8-10,12H,1-4,6-7H2;3*1,3-4H2,2H3;. The van der Waals surface area contributed by atoms with Crippen molar-refractivity contribution in [2.45, 2.75) is 111 Å². The molecule has 0 bridgehead atoms. The predicted molar refractivity (Wildman–Crippen MR) is 119 cm³/mol. The van der Waals surface area contributed by atoms with Crippen molar-refractivity contribution < 1.29 is 9.15 Å². The van der Waals surface area contributed by atoms with Crippen LogP contribution in [0.2, 0.25) is 13.3 Å². The fraction of sp³-hybridized carbons (Fsp3) is 0.833. The fourth-order valence-electron chi connectivity index (χ4n) is 4.85. The number of ether oxygens (including phenoxy) is 1. The summed E-state index contributed by atoms with van der Waals surface area (Å²) in [6, 6.07) is 4.19. The molecule has 1 heterocycles. The molecule has 1 saturated carbocycles. The fourth-order valence-corrected chi connectivity index (χ4v) is 19.2. The van der Waals surface area contributed by atoms with Crippen molar-refractivity contribution >= 4 is 18.4 Å². The molecule has 1 aromatic heterocycles. The maximum absolute atomic E-state index is 6.88. The van der Waals surface area contributed by atoms with Gasteiger partial charge in [-0.05, 0) is 0 Å². The Morgan fingerprint density at radius 3 is 2.04 bits per heavy atom. The van der Waals surface area contributed by atoms with E-state index in [1.165, 1.54) is 83.9 Å². The molecule has 2 nitrogen and oxygen atoms in total. The van der Waals surface area contributed by atoms with Crippen molar-refractivity contribution in [3.05, 3.63) is 24.2 Å². The Hall–Kier alpha value is 0.0387. The zero-order valence-electron chi connectivity index (χ0n) is 18.3. The van der Waals surface area contributed by atoms with Gasteiger partial charge in [-0.1, -0.05) is 0 Å². The Bertz CT molecular complexity index is 443. The van der Waals surface area contributed by atoms with Crippen LogP contribution >= 0.6 is 0 Å². The topological polar surface area (TPSA) is 22.4 Å². The quantitative estimate of drug-likeness (QED) is 0.248. The van der Waals surface area contributed by atoms with Crippen LogP contribution in [-0.4, -0.2) is 23.0 Å². The van der Waals surface area contributed by atoms with Gasteiger partial charge in [-0.2, -0.15) is 0 Å². The van der Waals surface area contributed by atoms with Gasteiger partial charge in [0, 0.05) is 0 Å². The molecule has 3 heteroatoms. The number of furan rings is 1. The molecular weight excluding hydrogens is 439 g/mol. The number of hydrogen-bond acceptors (Lipinski definition) is 2. The van der Waals surface area contributed by atoms with E-state index in [1.807, 2.05) is 12.3 Å². The Labute approximate surface area is 172 Å². The summed E-state index contributed by atoms with van der Waals surface area (Å²) in [5, 5.41) is 0. The van der Waals surface area contributed by atoms with Crippen LogP contribution in [-0.2, 0) is 4.74 Å². The molecule has 0 amide bonds. The Balaban J connectivity index is 2.10. The van der Waals surface area contributed by atoms with Gasteiger partial charge < -0.3 is 0 Å². The number of unbranched alkanes of at least 4 members (excludes halogenated alkanes) is 3. The van der Waals surface area contributed by atoms with Crippen LogP contribution in [0, 0.1) is 5.92 Å². The normalized spacial score (nSPS) is 17.3. The van der Waals surface area contributed by atoms with E-state index in [9.17, 15) is 0 Å². The van der Waals surface area contributed by atoms with Crippen molar-refractivity contribution in [1.82, 2.24) is 0 Å². The molecule has 1 aliphatic rings. The summed E-state index contributed by atoms with van der Waals surface area (Å²) in [5.74, 6) is 1.75. The zero-order valence-corrected chi connectivity index (χ0v) is 21.2. The van der Waals surface area contributed by atoms with Gasteiger partial charge >= 0.3 is 173 Å². The molecular formula is C24H44O2Sn. The Kier molecular flexibility index (Phi) is 11.5. The van der Waals surface area contributed by atoms with Crippen LogP contribution in [0.5, 0.6) is 0 Å². The molecule has 1 fully saturated rings. The van der Waals surface area contributed by atoms with Gasteiger partial charge in [-0.3, -0.25) is 0 Å². The summed E-state index contributed by atoms with van der Waals surface area (Å²) in [6.07, 6.45) is 17.0. The average molecular weight is 483 g/mol. The van der Waals surface area contributed by atoms with E-state index in [1.54, 1.807) is 0 Å². The molecule has 0 saturated heterocycles. The summed E-state index contributed by atoms with van der Waals surface area (Å²) in [6.45, 7) is 7.06. The van der Waals surface area contributed by atoms with Gasteiger partial charge in [0.2, 0.25) is 0 Å². The van der Waals surface area contributed by atoms with Crippen LogP contribution in [0.3, 0.4) is 0 Å². The zero-order chi connectivity index (χ0) is 19.4. The van der Waals surface area contributed by atoms with Crippen LogP contribution in [0.25, 0.3) is 0 Å². The van der Waals surface area contributed by atoms with E-state index >= 15 is 0 Å². The third-order valence-corrected chi connectivity index (χ3v) is 21.0. The van der Waals surface area contributed by atoms with E-state index in [-0.39, 0.29) is 6.10 Å². The van der Waals surface area contributed by atoms with E-state index in [2.05, 4.69) is 26.8 Å². The van der Waals surface area contributed by atoms with Crippen molar-refractivity contribution in [2.75, 3.05) is 4.62 Å². The van der Waals surface area contributed by atoms with Crippen LogP contribution in [0.15, 0.2) is 22.8 Å². The summed E-state index contributed by atoms with van der Waals surface area (Å²) < 4.78 is 18.4. The molecule has 156 valence electrons.